The molecule has 8 aromatic rings. The van der Waals surface area contributed by atoms with Gasteiger partial charge in [0.2, 0.25) is 0 Å². The van der Waals surface area contributed by atoms with Crippen LogP contribution in [-0.4, -0.2) is 4.98 Å². The van der Waals surface area contributed by atoms with E-state index >= 15 is 0 Å². The minimum absolute atomic E-state index is 0.961. The highest BCUT2D eigenvalue weighted by atomic mass is 14.7. The van der Waals surface area contributed by atoms with Gasteiger partial charge in [-0.3, -0.25) is 0 Å². The Morgan fingerprint density at radius 1 is 0.273 bits per heavy atom. The van der Waals surface area contributed by atoms with Gasteiger partial charge in [0, 0.05) is 11.1 Å². The highest BCUT2D eigenvalue weighted by Crippen LogP contribution is 2.36. The molecule has 0 aliphatic rings. The zero-order valence-corrected chi connectivity index (χ0v) is 24.2. The lowest BCUT2D eigenvalue weighted by atomic mass is 9.94. The van der Waals surface area contributed by atoms with Crippen LogP contribution in [0.1, 0.15) is 0 Å². The third kappa shape index (κ3) is 4.85. The van der Waals surface area contributed by atoms with Crippen molar-refractivity contribution >= 4 is 21.5 Å². The Bertz CT molecular complexity index is 2240. The van der Waals surface area contributed by atoms with Gasteiger partial charge >= 0.3 is 0 Å². The number of rotatable bonds is 5. The molecule has 0 saturated heterocycles. The van der Waals surface area contributed by atoms with Gasteiger partial charge in [-0.1, -0.05) is 164 Å². The molecular formula is C43H29N. The number of pyridine rings is 1. The quantitative estimate of drug-likeness (QED) is 0.204. The van der Waals surface area contributed by atoms with Gasteiger partial charge in [0.25, 0.3) is 0 Å². The fraction of sp³-hybridized carbons (Fsp3) is 0. The molecule has 8 rings (SSSR count). The molecule has 0 saturated carbocycles. The van der Waals surface area contributed by atoms with Crippen LogP contribution < -0.4 is 0 Å². The molecule has 0 aliphatic carbocycles. The molecule has 1 aromatic heterocycles. The summed E-state index contributed by atoms with van der Waals surface area (Å²) in [7, 11) is 0. The van der Waals surface area contributed by atoms with E-state index in [4.69, 9.17) is 4.98 Å². The van der Waals surface area contributed by atoms with Gasteiger partial charge in [0.05, 0.1) is 11.4 Å². The Morgan fingerprint density at radius 3 is 1.41 bits per heavy atom. The standard InChI is InChI=1S/C43H29N/c1-2-10-30(11-3-1)31-22-26-36(27-23-31)42-28-37(29-43(44-42)41-19-9-15-34-13-5-7-17-40(34)41)32-20-24-35(25-21-32)39-18-8-14-33-12-4-6-16-38(33)39/h1-29H. The summed E-state index contributed by atoms with van der Waals surface area (Å²) in [5, 5.41) is 4.94. The maximum absolute atomic E-state index is 5.25. The summed E-state index contributed by atoms with van der Waals surface area (Å²) >= 11 is 0. The van der Waals surface area contributed by atoms with Crippen molar-refractivity contribution in [2.45, 2.75) is 0 Å². The molecule has 1 heteroatoms. The third-order valence-corrected chi connectivity index (χ3v) is 8.50. The van der Waals surface area contributed by atoms with Crippen molar-refractivity contribution in [2.24, 2.45) is 0 Å². The highest BCUT2D eigenvalue weighted by molar-refractivity contribution is 5.98. The number of hydrogen-bond acceptors (Lipinski definition) is 1. The summed E-state index contributed by atoms with van der Waals surface area (Å²) in [6.45, 7) is 0. The summed E-state index contributed by atoms with van der Waals surface area (Å²) in [6, 6.07) is 62.8. The molecule has 0 bridgehead atoms. The van der Waals surface area contributed by atoms with E-state index in [2.05, 4.69) is 176 Å². The third-order valence-electron chi connectivity index (χ3n) is 8.50. The van der Waals surface area contributed by atoms with Gasteiger partial charge in [-0.25, -0.2) is 4.98 Å². The van der Waals surface area contributed by atoms with Crippen molar-refractivity contribution in [3.8, 4) is 55.9 Å². The molecule has 0 radical (unpaired) electrons. The predicted octanol–water partition coefficient (Wildman–Crippen LogP) is 11.7. The maximum Gasteiger partial charge on any atom is 0.0721 e. The average Bonchev–Trinajstić information content (AvgIpc) is 3.11. The van der Waals surface area contributed by atoms with E-state index in [1.54, 1.807) is 0 Å². The van der Waals surface area contributed by atoms with Crippen molar-refractivity contribution in [2.75, 3.05) is 0 Å². The van der Waals surface area contributed by atoms with Crippen molar-refractivity contribution in [3.63, 3.8) is 0 Å². The van der Waals surface area contributed by atoms with Gasteiger partial charge in [-0.2, -0.15) is 0 Å². The topological polar surface area (TPSA) is 12.9 Å². The first kappa shape index (κ1) is 25.9. The van der Waals surface area contributed by atoms with E-state index in [1.165, 1.54) is 49.4 Å². The molecule has 0 aliphatic heterocycles. The number of aromatic nitrogens is 1. The molecule has 0 N–H and O–H groups in total. The zero-order valence-electron chi connectivity index (χ0n) is 24.2. The summed E-state index contributed by atoms with van der Waals surface area (Å²) in [6.07, 6.45) is 0. The number of benzene rings is 7. The van der Waals surface area contributed by atoms with Crippen LogP contribution in [0.2, 0.25) is 0 Å². The second kappa shape index (κ2) is 11.1. The normalized spacial score (nSPS) is 11.2. The minimum Gasteiger partial charge on any atom is -0.248 e. The predicted molar refractivity (Wildman–Crippen MR) is 186 cm³/mol. The van der Waals surface area contributed by atoms with Crippen LogP contribution >= 0.6 is 0 Å². The monoisotopic (exact) mass is 559 g/mol. The largest absolute Gasteiger partial charge is 0.248 e. The molecule has 0 amide bonds. The van der Waals surface area contributed by atoms with Crippen LogP contribution in [0.15, 0.2) is 176 Å². The lowest BCUT2D eigenvalue weighted by Gasteiger charge is -2.13. The molecule has 1 heterocycles. The van der Waals surface area contributed by atoms with E-state index in [-0.39, 0.29) is 0 Å². The molecule has 7 aromatic carbocycles. The fourth-order valence-corrected chi connectivity index (χ4v) is 6.22. The summed E-state index contributed by atoms with van der Waals surface area (Å²) in [4.78, 5) is 5.25. The van der Waals surface area contributed by atoms with Crippen molar-refractivity contribution in [3.05, 3.63) is 176 Å². The summed E-state index contributed by atoms with van der Waals surface area (Å²) < 4.78 is 0. The average molecular weight is 560 g/mol. The lowest BCUT2D eigenvalue weighted by molar-refractivity contribution is 1.33. The lowest BCUT2D eigenvalue weighted by Crippen LogP contribution is -1.92. The first-order valence-corrected chi connectivity index (χ1v) is 15.0. The van der Waals surface area contributed by atoms with Crippen molar-refractivity contribution in [1.82, 2.24) is 4.98 Å². The number of nitrogens with zero attached hydrogens (tertiary/aromatic N) is 1. The van der Waals surface area contributed by atoms with Crippen LogP contribution in [0.3, 0.4) is 0 Å². The van der Waals surface area contributed by atoms with E-state index in [1.807, 2.05) is 0 Å². The van der Waals surface area contributed by atoms with E-state index in [0.717, 1.165) is 28.1 Å². The Labute approximate surface area is 257 Å². The van der Waals surface area contributed by atoms with Gasteiger partial charge in [-0.05, 0) is 67.1 Å². The van der Waals surface area contributed by atoms with E-state index in [0.29, 0.717) is 0 Å². The van der Waals surface area contributed by atoms with E-state index < -0.39 is 0 Å². The second-order valence-electron chi connectivity index (χ2n) is 11.2. The maximum atomic E-state index is 5.25. The Hall–Kier alpha value is -5.79. The first-order chi connectivity index (χ1) is 21.8. The molecule has 0 atom stereocenters. The minimum atomic E-state index is 0.961. The Kier molecular flexibility index (Phi) is 6.55. The van der Waals surface area contributed by atoms with Crippen LogP contribution in [-0.2, 0) is 0 Å². The molecule has 0 spiro atoms. The summed E-state index contributed by atoms with van der Waals surface area (Å²) in [5.41, 5.74) is 11.4. The van der Waals surface area contributed by atoms with E-state index in [9.17, 15) is 0 Å². The number of hydrogen-bond donors (Lipinski definition) is 0. The molecule has 0 fully saturated rings. The Balaban J connectivity index is 1.25. The molecule has 0 unspecified atom stereocenters. The molecular weight excluding hydrogens is 530 g/mol. The van der Waals surface area contributed by atoms with Gasteiger partial charge in [-0.15, -0.1) is 0 Å². The van der Waals surface area contributed by atoms with Crippen molar-refractivity contribution < 1.29 is 0 Å². The molecule has 1 nitrogen and oxygen atoms in total. The Morgan fingerprint density at radius 2 is 0.727 bits per heavy atom. The van der Waals surface area contributed by atoms with Gasteiger partial charge in [0.15, 0.2) is 0 Å². The van der Waals surface area contributed by atoms with Crippen LogP contribution in [0.25, 0.3) is 77.4 Å². The van der Waals surface area contributed by atoms with Gasteiger partial charge < -0.3 is 0 Å². The smallest absolute Gasteiger partial charge is 0.0721 e. The second-order valence-corrected chi connectivity index (χ2v) is 11.2. The first-order valence-electron chi connectivity index (χ1n) is 15.0. The van der Waals surface area contributed by atoms with Crippen LogP contribution in [0.5, 0.6) is 0 Å². The van der Waals surface area contributed by atoms with Gasteiger partial charge in [0.1, 0.15) is 0 Å². The SMILES string of the molecule is c1ccc(-c2ccc(-c3cc(-c4ccc(-c5cccc6ccccc56)cc4)cc(-c4cccc5ccccc45)n3)cc2)cc1. The fourth-order valence-electron chi connectivity index (χ4n) is 6.22. The van der Waals surface area contributed by atoms with Crippen molar-refractivity contribution in [1.29, 1.82) is 0 Å². The summed E-state index contributed by atoms with van der Waals surface area (Å²) in [5.74, 6) is 0. The van der Waals surface area contributed by atoms with Crippen LogP contribution in [0.4, 0.5) is 0 Å². The molecule has 206 valence electrons. The molecule has 44 heavy (non-hydrogen) atoms. The van der Waals surface area contributed by atoms with Crippen LogP contribution in [0, 0.1) is 0 Å². The highest BCUT2D eigenvalue weighted by Gasteiger charge is 2.12. The zero-order chi connectivity index (χ0) is 29.3. The number of fused-ring (bicyclic) bond motifs is 2.